The van der Waals surface area contributed by atoms with Crippen molar-refractivity contribution in [1.82, 2.24) is 4.90 Å². The van der Waals surface area contributed by atoms with Gasteiger partial charge in [0.25, 0.3) is 5.91 Å². The molecule has 0 heterocycles. The average molecular weight is 299 g/mol. The Hall–Kier alpha value is -1.69. The molecule has 1 aliphatic carbocycles. The molecule has 4 nitrogen and oxygen atoms in total. The highest BCUT2D eigenvalue weighted by Gasteiger charge is 2.32. The van der Waals surface area contributed by atoms with E-state index in [0.717, 1.165) is 25.0 Å². The van der Waals surface area contributed by atoms with Gasteiger partial charge in [0, 0.05) is 19.7 Å². The second kappa shape index (κ2) is 6.39. The molecule has 0 spiro atoms. The summed E-state index contributed by atoms with van der Waals surface area (Å²) in [6, 6.07) is 3.11. The normalized spacial score (nSPS) is 17.2. The number of likely N-dealkylation sites (N-methyl/N-ethyl adjacent to an activating group) is 1. The molecule has 2 unspecified atom stereocenters. The van der Waals surface area contributed by atoms with E-state index in [4.69, 9.17) is 4.74 Å². The maximum absolute atomic E-state index is 13.1. The molecule has 1 aromatic carbocycles. The molecule has 116 valence electrons. The van der Waals surface area contributed by atoms with Crippen molar-refractivity contribution in [2.75, 3.05) is 13.6 Å². The van der Waals surface area contributed by atoms with Crippen LogP contribution in [0, 0.1) is 17.6 Å². The lowest BCUT2D eigenvalue weighted by Gasteiger charge is -2.24. The fourth-order valence-electron chi connectivity index (χ4n) is 2.12. The van der Waals surface area contributed by atoms with Gasteiger partial charge in [-0.3, -0.25) is 4.79 Å². The van der Waals surface area contributed by atoms with Crippen molar-refractivity contribution in [2.45, 2.75) is 32.0 Å². The van der Waals surface area contributed by atoms with Gasteiger partial charge in [0.05, 0.1) is 6.10 Å². The van der Waals surface area contributed by atoms with Gasteiger partial charge in [0.2, 0.25) is 0 Å². The molecule has 1 N–H and O–H groups in total. The Morgan fingerprint density at radius 1 is 1.43 bits per heavy atom. The lowest BCUT2D eigenvalue weighted by molar-refractivity contribution is -0.138. The second-order valence-corrected chi connectivity index (χ2v) is 5.46. The Kier molecular flexibility index (Phi) is 4.77. The third-order valence-electron chi connectivity index (χ3n) is 3.55. The SMILES string of the molecule is CC(Oc1ccc(F)c(F)c1)C(=O)N(C)CC(O)C1CC1. The lowest BCUT2D eigenvalue weighted by Crippen LogP contribution is -2.42. The Bertz CT molecular complexity index is 520. The van der Waals surface area contributed by atoms with E-state index in [1.807, 2.05) is 0 Å². The predicted octanol–water partition coefficient (Wildman–Crippen LogP) is 1.96. The number of hydrogen-bond donors (Lipinski definition) is 1. The number of benzene rings is 1. The van der Waals surface area contributed by atoms with Gasteiger partial charge in [-0.05, 0) is 37.8 Å². The Morgan fingerprint density at radius 2 is 2.10 bits per heavy atom. The number of aliphatic hydroxyl groups excluding tert-OH is 1. The van der Waals surface area contributed by atoms with E-state index in [1.54, 1.807) is 7.05 Å². The van der Waals surface area contributed by atoms with Gasteiger partial charge in [0.15, 0.2) is 17.7 Å². The Labute approximate surface area is 122 Å². The first kappa shape index (κ1) is 15.7. The molecule has 1 fully saturated rings. The molecular weight excluding hydrogens is 280 g/mol. The van der Waals surface area contributed by atoms with Crippen LogP contribution in [0.2, 0.25) is 0 Å². The van der Waals surface area contributed by atoms with Crippen LogP contribution in [0.5, 0.6) is 5.75 Å². The molecule has 6 heteroatoms. The molecule has 0 bridgehead atoms. The van der Waals surface area contributed by atoms with Crippen LogP contribution in [-0.4, -0.2) is 41.7 Å². The minimum atomic E-state index is -1.02. The predicted molar refractivity (Wildman–Crippen MR) is 72.8 cm³/mol. The number of halogens is 2. The number of carbonyl (C=O) groups is 1. The van der Waals surface area contributed by atoms with Gasteiger partial charge in [-0.15, -0.1) is 0 Å². The number of hydrogen-bond acceptors (Lipinski definition) is 3. The van der Waals surface area contributed by atoms with Crippen molar-refractivity contribution >= 4 is 5.91 Å². The summed E-state index contributed by atoms with van der Waals surface area (Å²) >= 11 is 0. The fourth-order valence-corrected chi connectivity index (χ4v) is 2.12. The number of aliphatic hydroxyl groups is 1. The summed E-state index contributed by atoms with van der Waals surface area (Å²) in [5.41, 5.74) is 0. The van der Waals surface area contributed by atoms with E-state index >= 15 is 0 Å². The molecule has 21 heavy (non-hydrogen) atoms. The summed E-state index contributed by atoms with van der Waals surface area (Å²) in [6.45, 7) is 1.78. The van der Waals surface area contributed by atoms with Gasteiger partial charge in [-0.25, -0.2) is 8.78 Å². The van der Waals surface area contributed by atoms with E-state index in [2.05, 4.69) is 0 Å². The zero-order chi connectivity index (χ0) is 15.6. The molecule has 1 aromatic rings. The zero-order valence-electron chi connectivity index (χ0n) is 12.1. The third-order valence-corrected chi connectivity index (χ3v) is 3.55. The Morgan fingerprint density at radius 3 is 2.67 bits per heavy atom. The Balaban J connectivity index is 1.90. The van der Waals surface area contributed by atoms with Crippen LogP contribution in [0.1, 0.15) is 19.8 Å². The molecule has 0 saturated heterocycles. The maximum Gasteiger partial charge on any atom is 0.263 e. The first-order chi connectivity index (χ1) is 9.88. The molecule has 1 saturated carbocycles. The summed E-state index contributed by atoms with van der Waals surface area (Å²) in [4.78, 5) is 13.5. The van der Waals surface area contributed by atoms with Crippen molar-refractivity contribution < 1.29 is 23.4 Å². The number of nitrogens with zero attached hydrogens (tertiary/aromatic N) is 1. The van der Waals surface area contributed by atoms with E-state index in [9.17, 15) is 18.7 Å². The highest BCUT2D eigenvalue weighted by molar-refractivity contribution is 5.80. The summed E-state index contributed by atoms with van der Waals surface area (Å²) < 4.78 is 31.2. The van der Waals surface area contributed by atoms with Gasteiger partial charge in [-0.2, -0.15) is 0 Å². The molecule has 1 amide bonds. The zero-order valence-corrected chi connectivity index (χ0v) is 12.1. The maximum atomic E-state index is 13.1. The van der Waals surface area contributed by atoms with Gasteiger partial charge in [-0.1, -0.05) is 0 Å². The summed E-state index contributed by atoms with van der Waals surface area (Å²) in [7, 11) is 1.58. The minimum Gasteiger partial charge on any atom is -0.481 e. The van der Waals surface area contributed by atoms with Gasteiger partial charge >= 0.3 is 0 Å². The highest BCUT2D eigenvalue weighted by atomic mass is 19.2. The van der Waals surface area contributed by atoms with Crippen molar-refractivity contribution in [3.05, 3.63) is 29.8 Å². The topological polar surface area (TPSA) is 49.8 Å². The van der Waals surface area contributed by atoms with Crippen molar-refractivity contribution in [1.29, 1.82) is 0 Å². The number of carbonyl (C=O) groups excluding carboxylic acids is 1. The van der Waals surface area contributed by atoms with Gasteiger partial charge in [0.1, 0.15) is 5.75 Å². The largest absolute Gasteiger partial charge is 0.481 e. The minimum absolute atomic E-state index is 0.0888. The van der Waals surface area contributed by atoms with Crippen LogP contribution in [0.3, 0.4) is 0 Å². The summed E-state index contributed by atoms with van der Waals surface area (Å²) in [5, 5.41) is 9.82. The fraction of sp³-hybridized carbons (Fsp3) is 0.533. The summed E-state index contributed by atoms with van der Waals surface area (Å²) in [5.74, 6) is -1.94. The quantitative estimate of drug-likeness (QED) is 0.873. The third kappa shape index (κ3) is 4.14. The molecule has 1 aliphatic rings. The van der Waals surface area contributed by atoms with Crippen molar-refractivity contribution in [2.24, 2.45) is 5.92 Å². The highest BCUT2D eigenvalue weighted by Crippen LogP contribution is 2.32. The molecular formula is C15H19F2NO3. The van der Waals surface area contributed by atoms with Crippen LogP contribution >= 0.6 is 0 Å². The first-order valence-corrected chi connectivity index (χ1v) is 6.93. The molecule has 0 aromatic heterocycles. The van der Waals surface area contributed by atoms with Crippen molar-refractivity contribution in [3.63, 3.8) is 0 Å². The van der Waals surface area contributed by atoms with Crippen LogP contribution in [0.25, 0.3) is 0 Å². The lowest BCUT2D eigenvalue weighted by atomic mass is 10.2. The van der Waals surface area contributed by atoms with Crippen LogP contribution in [-0.2, 0) is 4.79 Å². The van der Waals surface area contributed by atoms with Crippen LogP contribution in [0.15, 0.2) is 18.2 Å². The van der Waals surface area contributed by atoms with Crippen LogP contribution < -0.4 is 4.74 Å². The molecule has 0 aliphatic heterocycles. The first-order valence-electron chi connectivity index (χ1n) is 6.93. The number of rotatable bonds is 6. The monoisotopic (exact) mass is 299 g/mol. The average Bonchev–Trinajstić information content (AvgIpc) is 3.26. The number of ether oxygens (including phenoxy) is 1. The van der Waals surface area contributed by atoms with E-state index in [-0.39, 0.29) is 24.1 Å². The summed E-state index contributed by atoms with van der Waals surface area (Å²) in [6.07, 6.45) is 0.620. The smallest absolute Gasteiger partial charge is 0.263 e. The van der Waals surface area contributed by atoms with E-state index in [0.29, 0.717) is 0 Å². The standard InChI is InChI=1S/C15H19F2NO3/c1-9(21-11-5-6-12(16)13(17)7-11)15(20)18(2)8-14(19)10-3-4-10/h5-7,9-10,14,19H,3-4,8H2,1-2H3. The molecule has 2 atom stereocenters. The number of amides is 1. The van der Waals surface area contributed by atoms with E-state index in [1.165, 1.54) is 17.9 Å². The molecule has 2 rings (SSSR count). The van der Waals surface area contributed by atoms with Crippen LogP contribution in [0.4, 0.5) is 8.78 Å². The van der Waals surface area contributed by atoms with E-state index < -0.39 is 23.8 Å². The van der Waals surface area contributed by atoms with Crippen molar-refractivity contribution in [3.8, 4) is 5.75 Å². The van der Waals surface area contributed by atoms with Gasteiger partial charge < -0.3 is 14.7 Å². The second-order valence-electron chi connectivity index (χ2n) is 5.46. The molecule has 0 radical (unpaired) electrons.